The molecule has 0 radical (unpaired) electrons. The highest BCUT2D eigenvalue weighted by Crippen LogP contribution is 2.32. The second-order valence-electron chi connectivity index (χ2n) is 10.1. The van der Waals surface area contributed by atoms with Crippen molar-refractivity contribution >= 4 is 11.8 Å². The SMILES string of the molecule is COCCN1C[C@@H](NC(=O)Nc2c(C)c(-c3cncc(C)c3)nn2-c2ccccc2)[C@H](c2ccc(F)c(F)c2)C1. The predicted molar refractivity (Wildman–Crippen MR) is 150 cm³/mol. The molecule has 3 heterocycles. The van der Waals surface area contributed by atoms with Crippen molar-refractivity contribution in [2.24, 2.45) is 0 Å². The summed E-state index contributed by atoms with van der Waals surface area (Å²) >= 11 is 0. The molecule has 208 valence electrons. The number of nitrogens with zero attached hydrogens (tertiary/aromatic N) is 4. The van der Waals surface area contributed by atoms with Gasteiger partial charge in [-0.15, -0.1) is 0 Å². The molecule has 10 heteroatoms. The molecular formula is C30H32F2N6O2. The van der Waals surface area contributed by atoms with E-state index in [1.165, 1.54) is 6.07 Å². The molecule has 2 N–H and O–H groups in total. The number of benzene rings is 2. The second-order valence-corrected chi connectivity index (χ2v) is 10.1. The second kappa shape index (κ2) is 11.9. The minimum Gasteiger partial charge on any atom is -0.383 e. The standard InChI is InChI=1S/C30H32F2N6O2/c1-19-13-22(16-33-15-19)28-20(2)29(38(36-28)23-7-5-4-6-8-23)35-30(39)34-27-18-37(11-12-40-3)17-24(27)21-9-10-25(31)26(32)14-21/h4-10,13-16,24,27H,11-12,17-18H2,1-3H3,(H2,34,35,39)/t24-,27+/m0/s1. The first-order chi connectivity index (χ1) is 19.3. The third-order valence-electron chi connectivity index (χ3n) is 7.20. The molecule has 1 fully saturated rings. The van der Waals surface area contributed by atoms with Crippen LogP contribution in [0.15, 0.2) is 67.0 Å². The number of pyridine rings is 1. The molecular weight excluding hydrogens is 514 g/mol. The number of likely N-dealkylation sites (tertiary alicyclic amines) is 1. The van der Waals surface area contributed by atoms with E-state index in [0.717, 1.165) is 28.4 Å². The average Bonchev–Trinajstić information content (AvgIpc) is 3.50. The van der Waals surface area contributed by atoms with Crippen molar-refractivity contribution in [2.75, 3.05) is 38.7 Å². The summed E-state index contributed by atoms with van der Waals surface area (Å²) in [4.78, 5) is 19.9. The van der Waals surface area contributed by atoms with Gasteiger partial charge < -0.3 is 10.1 Å². The van der Waals surface area contributed by atoms with Crippen LogP contribution in [-0.2, 0) is 4.74 Å². The van der Waals surface area contributed by atoms with Crippen LogP contribution >= 0.6 is 0 Å². The maximum absolute atomic E-state index is 14.1. The lowest BCUT2D eigenvalue weighted by atomic mass is 9.94. The maximum Gasteiger partial charge on any atom is 0.320 e. The molecule has 0 spiro atoms. The third kappa shape index (κ3) is 5.88. The smallest absolute Gasteiger partial charge is 0.320 e. The number of aryl methyl sites for hydroxylation is 1. The summed E-state index contributed by atoms with van der Waals surface area (Å²) in [6.07, 6.45) is 3.53. The molecule has 0 bridgehead atoms. The van der Waals surface area contributed by atoms with Crippen molar-refractivity contribution in [1.82, 2.24) is 25.0 Å². The topological polar surface area (TPSA) is 84.3 Å². The van der Waals surface area contributed by atoms with E-state index < -0.39 is 17.7 Å². The number of ether oxygens (including phenoxy) is 1. The number of aromatic nitrogens is 3. The molecule has 4 aromatic rings. The molecule has 0 saturated carbocycles. The minimum absolute atomic E-state index is 0.230. The summed E-state index contributed by atoms with van der Waals surface area (Å²) in [5, 5.41) is 10.9. The van der Waals surface area contributed by atoms with E-state index in [-0.39, 0.29) is 12.0 Å². The van der Waals surface area contributed by atoms with Crippen molar-refractivity contribution in [3.05, 3.63) is 95.3 Å². The Kier molecular flexibility index (Phi) is 8.18. The summed E-state index contributed by atoms with van der Waals surface area (Å²) < 4.78 is 34.7. The number of rotatable bonds is 8. The van der Waals surface area contributed by atoms with E-state index in [9.17, 15) is 13.6 Å². The first kappa shape index (κ1) is 27.4. The quantitative estimate of drug-likeness (QED) is 0.323. The molecule has 5 rings (SSSR count). The highest BCUT2D eigenvalue weighted by molar-refractivity contribution is 5.91. The zero-order chi connectivity index (χ0) is 28.2. The van der Waals surface area contributed by atoms with Gasteiger partial charge in [-0.3, -0.25) is 15.2 Å². The van der Waals surface area contributed by atoms with E-state index in [0.29, 0.717) is 43.3 Å². The normalized spacial score (nSPS) is 17.2. The van der Waals surface area contributed by atoms with Gasteiger partial charge in [0, 0.05) is 56.2 Å². The number of halogens is 2. The van der Waals surface area contributed by atoms with Crippen molar-refractivity contribution in [1.29, 1.82) is 0 Å². The largest absolute Gasteiger partial charge is 0.383 e. The Morgan fingerprint density at radius 3 is 2.58 bits per heavy atom. The van der Waals surface area contributed by atoms with Gasteiger partial charge in [-0.2, -0.15) is 5.10 Å². The fourth-order valence-corrected chi connectivity index (χ4v) is 5.18. The van der Waals surface area contributed by atoms with Crippen LogP contribution in [0.1, 0.15) is 22.6 Å². The van der Waals surface area contributed by atoms with E-state index in [2.05, 4.69) is 20.5 Å². The third-order valence-corrected chi connectivity index (χ3v) is 7.20. The Morgan fingerprint density at radius 2 is 1.85 bits per heavy atom. The lowest BCUT2D eigenvalue weighted by Crippen LogP contribution is -2.42. The van der Waals surface area contributed by atoms with Crippen LogP contribution in [0.2, 0.25) is 0 Å². The molecule has 2 aromatic carbocycles. The number of para-hydroxylation sites is 1. The number of methoxy groups -OCH3 is 1. The molecule has 1 aliphatic heterocycles. The number of carbonyl (C=O) groups is 1. The highest BCUT2D eigenvalue weighted by Gasteiger charge is 2.35. The van der Waals surface area contributed by atoms with Crippen LogP contribution in [-0.4, -0.2) is 65.1 Å². The fraction of sp³-hybridized carbons (Fsp3) is 0.300. The number of anilines is 1. The van der Waals surface area contributed by atoms with Gasteiger partial charge >= 0.3 is 6.03 Å². The van der Waals surface area contributed by atoms with Gasteiger partial charge in [0.25, 0.3) is 0 Å². The van der Waals surface area contributed by atoms with Crippen molar-refractivity contribution < 1.29 is 18.3 Å². The number of urea groups is 1. The van der Waals surface area contributed by atoms with E-state index in [1.807, 2.05) is 50.2 Å². The van der Waals surface area contributed by atoms with E-state index >= 15 is 0 Å². The van der Waals surface area contributed by atoms with Crippen LogP contribution in [0.3, 0.4) is 0 Å². The molecule has 1 aliphatic rings. The molecule has 1 saturated heterocycles. The van der Waals surface area contributed by atoms with Gasteiger partial charge in [0.15, 0.2) is 11.6 Å². The van der Waals surface area contributed by atoms with Crippen LogP contribution in [0.25, 0.3) is 16.9 Å². The van der Waals surface area contributed by atoms with Gasteiger partial charge in [0.1, 0.15) is 5.82 Å². The number of nitrogens with one attached hydrogen (secondary N) is 2. The minimum atomic E-state index is -0.906. The van der Waals surface area contributed by atoms with Gasteiger partial charge in [-0.25, -0.2) is 18.3 Å². The Morgan fingerprint density at radius 1 is 1.05 bits per heavy atom. The summed E-state index contributed by atoms with van der Waals surface area (Å²) in [7, 11) is 1.63. The monoisotopic (exact) mass is 546 g/mol. The molecule has 40 heavy (non-hydrogen) atoms. The number of amides is 2. The molecule has 2 aromatic heterocycles. The predicted octanol–water partition coefficient (Wildman–Crippen LogP) is 5.07. The first-order valence-electron chi connectivity index (χ1n) is 13.1. The van der Waals surface area contributed by atoms with Crippen molar-refractivity contribution in [2.45, 2.75) is 25.8 Å². The number of hydrogen-bond acceptors (Lipinski definition) is 5. The summed E-state index contributed by atoms with van der Waals surface area (Å²) in [5.74, 6) is -1.51. The van der Waals surface area contributed by atoms with Crippen LogP contribution in [0, 0.1) is 25.5 Å². The number of hydrogen-bond donors (Lipinski definition) is 2. The van der Waals surface area contributed by atoms with Crippen LogP contribution in [0.5, 0.6) is 0 Å². The lowest BCUT2D eigenvalue weighted by Gasteiger charge is -2.21. The number of carbonyl (C=O) groups excluding carboxylic acids is 1. The molecule has 2 amide bonds. The first-order valence-corrected chi connectivity index (χ1v) is 13.1. The van der Waals surface area contributed by atoms with Crippen molar-refractivity contribution in [3.63, 3.8) is 0 Å². The summed E-state index contributed by atoms with van der Waals surface area (Å²) in [6.45, 7) is 6.17. The van der Waals surface area contributed by atoms with Gasteiger partial charge in [-0.05, 0) is 55.3 Å². The van der Waals surface area contributed by atoms with Crippen LogP contribution < -0.4 is 10.6 Å². The Hall–Kier alpha value is -4.15. The van der Waals surface area contributed by atoms with Crippen molar-refractivity contribution in [3.8, 4) is 16.9 Å². The van der Waals surface area contributed by atoms with Crippen LogP contribution in [0.4, 0.5) is 19.4 Å². The molecule has 0 aliphatic carbocycles. The summed E-state index contributed by atoms with van der Waals surface area (Å²) in [6, 6.07) is 14.7. The lowest BCUT2D eigenvalue weighted by molar-refractivity contribution is 0.159. The molecule has 8 nitrogen and oxygen atoms in total. The van der Waals surface area contributed by atoms with Gasteiger partial charge in [-0.1, -0.05) is 24.3 Å². The van der Waals surface area contributed by atoms with E-state index in [4.69, 9.17) is 9.84 Å². The van der Waals surface area contributed by atoms with Gasteiger partial charge in [0.2, 0.25) is 0 Å². The zero-order valence-corrected chi connectivity index (χ0v) is 22.7. The average molecular weight is 547 g/mol. The Balaban J connectivity index is 1.43. The Bertz CT molecular complexity index is 1490. The Labute approximate surface area is 232 Å². The van der Waals surface area contributed by atoms with E-state index in [1.54, 1.807) is 30.3 Å². The molecule has 2 atom stereocenters. The summed E-state index contributed by atoms with van der Waals surface area (Å²) in [5.41, 5.74) is 4.76. The highest BCUT2D eigenvalue weighted by atomic mass is 19.2. The molecule has 0 unspecified atom stereocenters. The fourth-order valence-electron chi connectivity index (χ4n) is 5.18. The zero-order valence-electron chi connectivity index (χ0n) is 22.7. The van der Waals surface area contributed by atoms with Gasteiger partial charge in [0.05, 0.1) is 24.0 Å². The maximum atomic E-state index is 14.1.